The maximum atomic E-state index is 14.0. The second-order valence-electron chi connectivity index (χ2n) is 5.51. The molecule has 2 aromatic rings. The Morgan fingerprint density at radius 2 is 1.00 bits per heavy atom. The molecular weight excluding hydrogens is 366 g/mol. The minimum Gasteiger partial charge on any atom is -0.386 e. The Balaban J connectivity index is 2.60. The minimum absolute atomic E-state index is 0.560. The molecule has 0 unspecified atom stereocenters. The van der Waals surface area contributed by atoms with Crippen LogP contribution in [-0.4, -0.2) is 24.3 Å². The van der Waals surface area contributed by atoms with E-state index in [1.807, 2.05) is 0 Å². The van der Waals surface area contributed by atoms with Crippen molar-refractivity contribution in [3.05, 3.63) is 70.8 Å². The SMILES string of the molecule is O=C1OC(=O)c2ccccc2C(C(F)(F)F)(C(F)(F)F)c2ccccc21. The van der Waals surface area contributed by atoms with Gasteiger partial charge in [0, 0.05) is 0 Å². The summed E-state index contributed by atoms with van der Waals surface area (Å²) < 4.78 is 88.7. The van der Waals surface area contributed by atoms with E-state index in [9.17, 15) is 35.9 Å². The molecule has 0 atom stereocenters. The smallest absolute Gasteiger partial charge is 0.386 e. The fourth-order valence-corrected chi connectivity index (χ4v) is 3.09. The summed E-state index contributed by atoms with van der Waals surface area (Å²) in [6, 6.07) is 6.68. The van der Waals surface area contributed by atoms with Gasteiger partial charge in [-0.25, -0.2) is 9.59 Å². The van der Waals surface area contributed by atoms with E-state index in [0.29, 0.717) is 12.1 Å². The average Bonchev–Trinajstić information content (AvgIpc) is 2.52. The summed E-state index contributed by atoms with van der Waals surface area (Å²) in [6.45, 7) is 0. The highest BCUT2D eigenvalue weighted by Gasteiger charge is 2.74. The number of esters is 2. The molecule has 9 heteroatoms. The number of hydrogen-bond donors (Lipinski definition) is 0. The monoisotopic (exact) mass is 374 g/mol. The Kier molecular flexibility index (Phi) is 3.86. The quantitative estimate of drug-likeness (QED) is 0.390. The molecule has 26 heavy (non-hydrogen) atoms. The third-order valence-electron chi connectivity index (χ3n) is 4.14. The summed E-state index contributed by atoms with van der Waals surface area (Å²) in [4.78, 5) is 24.1. The number of alkyl halides is 6. The van der Waals surface area contributed by atoms with E-state index in [1.54, 1.807) is 0 Å². The molecule has 3 rings (SSSR count). The van der Waals surface area contributed by atoms with Crippen LogP contribution in [0.2, 0.25) is 0 Å². The van der Waals surface area contributed by atoms with E-state index in [1.165, 1.54) is 0 Å². The Morgan fingerprint density at radius 1 is 0.654 bits per heavy atom. The van der Waals surface area contributed by atoms with Gasteiger partial charge in [-0.15, -0.1) is 0 Å². The first-order valence-corrected chi connectivity index (χ1v) is 7.11. The van der Waals surface area contributed by atoms with Gasteiger partial charge >= 0.3 is 24.3 Å². The van der Waals surface area contributed by atoms with Crippen LogP contribution in [0.1, 0.15) is 31.8 Å². The number of ether oxygens (including phenoxy) is 1. The fourth-order valence-electron chi connectivity index (χ4n) is 3.09. The number of halogens is 6. The van der Waals surface area contributed by atoms with Crippen LogP contribution in [0.15, 0.2) is 48.5 Å². The molecule has 1 heterocycles. The van der Waals surface area contributed by atoms with Gasteiger partial charge < -0.3 is 4.74 Å². The first-order valence-electron chi connectivity index (χ1n) is 7.11. The molecule has 0 aromatic heterocycles. The topological polar surface area (TPSA) is 43.4 Å². The highest BCUT2D eigenvalue weighted by molar-refractivity contribution is 6.05. The van der Waals surface area contributed by atoms with Gasteiger partial charge in [0.25, 0.3) is 0 Å². The van der Waals surface area contributed by atoms with Crippen molar-refractivity contribution < 1.29 is 40.7 Å². The molecule has 136 valence electrons. The normalized spacial score (nSPS) is 16.8. The fraction of sp³-hybridized carbons (Fsp3) is 0.176. The van der Waals surface area contributed by atoms with Crippen molar-refractivity contribution in [1.29, 1.82) is 0 Å². The van der Waals surface area contributed by atoms with Crippen LogP contribution in [0, 0.1) is 0 Å². The van der Waals surface area contributed by atoms with E-state index >= 15 is 0 Å². The zero-order valence-electron chi connectivity index (χ0n) is 12.6. The largest absolute Gasteiger partial charge is 0.411 e. The number of rotatable bonds is 0. The molecule has 0 spiro atoms. The van der Waals surface area contributed by atoms with Crippen molar-refractivity contribution in [3.63, 3.8) is 0 Å². The zero-order chi connectivity index (χ0) is 19.3. The molecular formula is C17H8F6O3. The third kappa shape index (κ3) is 2.30. The Labute approximate surface area is 142 Å². The van der Waals surface area contributed by atoms with Gasteiger partial charge in [-0.1, -0.05) is 36.4 Å². The van der Waals surface area contributed by atoms with Crippen molar-refractivity contribution >= 4 is 11.9 Å². The first-order chi connectivity index (χ1) is 12.0. The highest BCUT2D eigenvalue weighted by atomic mass is 19.4. The number of carbonyl (C=O) groups excluding carboxylic acids is 2. The van der Waals surface area contributed by atoms with Gasteiger partial charge in [-0.3, -0.25) is 0 Å². The third-order valence-corrected chi connectivity index (χ3v) is 4.14. The lowest BCUT2D eigenvalue weighted by Gasteiger charge is -2.40. The van der Waals surface area contributed by atoms with Gasteiger partial charge in [0.1, 0.15) is 0 Å². The van der Waals surface area contributed by atoms with Crippen LogP contribution in [0.4, 0.5) is 26.3 Å². The molecule has 0 amide bonds. The molecule has 0 saturated carbocycles. The van der Waals surface area contributed by atoms with Crippen molar-refractivity contribution in [2.75, 3.05) is 0 Å². The second kappa shape index (κ2) is 5.58. The van der Waals surface area contributed by atoms with E-state index in [4.69, 9.17) is 0 Å². The van der Waals surface area contributed by atoms with Gasteiger partial charge in [0.05, 0.1) is 11.1 Å². The molecule has 0 saturated heterocycles. The van der Waals surface area contributed by atoms with Gasteiger partial charge in [-0.2, -0.15) is 26.3 Å². The van der Waals surface area contributed by atoms with Gasteiger partial charge in [0.2, 0.25) is 5.41 Å². The van der Waals surface area contributed by atoms with Gasteiger partial charge in [-0.05, 0) is 23.3 Å². The van der Waals surface area contributed by atoms with Crippen molar-refractivity contribution in [2.45, 2.75) is 17.8 Å². The summed E-state index contributed by atoms with van der Waals surface area (Å²) >= 11 is 0. The number of hydrogen-bond acceptors (Lipinski definition) is 3. The first kappa shape index (κ1) is 18.0. The molecule has 3 nitrogen and oxygen atoms in total. The van der Waals surface area contributed by atoms with E-state index in [-0.39, 0.29) is 0 Å². The Morgan fingerprint density at radius 3 is 1.35 bits per heavy atom. The second-order valence-corrected chi connectivity index (χ2v) is 5.51. The summed E-state index contributed by atoms with van der Waals surface area (Å²) in [5.41, 5.74) is -9.22. The predicted molar refractivity (Wildman–Crippen MR) is 75.5 cm³/mol. The van der Waals surface area contributed by atoms with Crippen LogP contribution in [0.5, 0.6) is 0 Å². The molecule has 1 aliphatic heterocycles. The lowest BCUT2D eigenvalue weighted by atomic mass is 9.69. The maximum absolute atomic E-state index is 14.0. The molecule has 0 aliphatic carbocycles. The lowest BCUT2D eigenvalue weighted by molar-refractivity contribution is -0.288. The Hall–Kier alpha value is -2.84. The van der Waals surface area contributed by atoms with Crippen molar-refractivity contribution in [1.82, 2.24) is 0 Å². The van der Waals surface area contributed by atoms with Crippen LogP contribution in [-0.2, 0) is 10.2 Å². The standard InChI is InChI=1S/C17H8F6O3/c18-16(19,20)15(17(21,22)23)11-7-3-1-5-9(11)13(24)26-14(25)10-6-2-4-8-12(10)15/h1-8H. The van der Waals surface area contributed by atoms with Crippen LogP contribution in [0.3, 0.4) is 0 Å². The predicted octanol–water partition coefficient (Wildman–Crippen LogP) is 4.41. The molecule has 0 radical (unpaired) electrons. The maximum Gasteiger partial charge on any atom is 0.411 e. The van der Waals surface area contributed by atoms with E-state index in [2.05, 4.69) is 4.74 Å². The van der Waals surface area contributed by atoms with Crippen molar-refractivity contribution in [2.24, 2.45) is 0 Å². The number of carbonyl (C=O) groups is 2. The molecule has 1 aliphatic rings. The minimum atomic E-state index is -5.89. The summed E-state index contributed by atoms with van der Waals surface area (Å²) in [5.74, 6) is -3.17. The molecule has 0 N–H and O–H groups in total. The number of fused-ring (bicyclic) bond motifs is 2. The van der Waals surface area contributed by atoms with E-state index in [0.717, 1.165) is 36.4 Å². The van der Waals surface area contributed by atoms with Crippen LogP contribution < -0.4 is 0 Å². The Bertz CT molecular complexity index is 824. The zero-order valence-corrected chi connectivity index (χ0v) is 12.6. The summed E-state index contributed by atoms with van der Waals surface area (Å²) in [7, 11) is 0. The summed E-state index contributed by atoms with van der Waals surface area (Å²) in [5, 5.41) is 0. The lowest BCUT2D eigenvalue weighted by Crippen LogP contribution is -2.56. The summed E-state index contributed by atoms with van der Waals surface area (Å²) in [6.07, 6.45) is -11.8. The molecule has 0 fully saturated rings. The van der Waals surface area contributed by atoms with E-state index < -0.39 is 52.0 Å². The van der Waals surface area contributed by atoms with Crippen LogP contribution >= 0.6 is 0 Å². The molecule has 0 bridgehead atoms. The number of benzene rings is 2. The highest BCUT2D eigenvalue weighted by Crippen LogP contribution is 2.58. The van der Waals surface area contributed by atoms with Crippen LogP contribution in [0.25, 0.3) is 0 Å². The molecule has 2 aromatic carbocycles. The van der Waals surface area contributed by atoms with Crippen molar-refractivity contribution in [3.8, 4) is 0 Å². The van der Waals surface area contributed by atoms with Gasteiger partial charge in [0.15, 0.2) is 0 Å². The average molecular weight is 374 g/mol. The number of cyclic esters (lactones) is 2.